The lowest BCUT2D eigenvalue weighted by molar-refractivity contribution is -0.158. The molecule has 2 aromatic rings. The van der Waals surface area contributed by atoms with Crippen LogP contribution in [0.3, 0.4) is 0 Å². The molecule has 0 unspecified atom stereocenters. The number of amides is 3. The lowest BCUT2D eigenvalue weighted by Crippen LogP contribution is -2.67. The number of rotatable bonds is 3. The lowest BCUT2D eigenvalue weighted by atomic mass is 9.97. The van der Waals surface area contributed by atoms with E-state index in [-0.39, 0.29) is 30.6 Å². The van der Waals surface area contributed by atoms with Crippen LogP contribution in [0.5, 0.6) is 0 Å². The van der Waals surface area contributed by atoms with Crippen molar-refractivity contribution in [1.29, 1.82) is 0 Å². The predicted molar refractivity (Wildman–Crippen MR) is 111 cm³/mol. The summed E-state index contributed by atoms with van der Waals surface area (Å²) in [7, 11) is 1.49. The Hall–Kier alpha value is -3.68. The number of benzene rings is 2. The number of carbonyl (C=O) groups is 4. The van der Waals surface area contributed by atoms with E-state index >= 15 is 0 Å². The zero-order chi connectivity index (χ0) is 21.8. The van der Waals surface area contributed by atoms with E-state index in [1.807, 2.05) is 24.3 Å². The zero-order valence-electron chi connectivity index (χ0n) is 17.0. The number of esters is 1. The number of nitrogens with zero attached hydrogens (tertiary/aromatic N) is 3. The molecule has 0 bridgehead atoms. The van der Waals surface area contributed by atoms with Crippen LogP contribution in [-0.4, -0.2) is 54.5 Å². The second kappa shape index (κ2) is 6.94. The number of anilines is 2. The second-order valence-electron chi connectivity index (χ2n) is 7.93. The molecule has 0 spiro atoms. The van der Waals surface area contributed by atoms with Gasteiger partial charge in [0.05, 0.1) is 11.3 Å². The number of hydrogen-bond acceptors (Lipinski definition) is 5. The molecule has 3 heterocycles. The smallest absolute Gasteiger partial charge is 0.354 e. The van der Waals surface area contributed by atoms with Gasteiger partial charge in [-0.3, -0.25) is 19.3 Å². The highest BCUT2D eigenvalue weighted by Gasteiger charge is 2.60. The molecular weight excluding hydrogens is 398 g/mol. The van der Waals surface area contributed by atoms with Gasteiger partial charge < -0.3 is 14.5 Å². The van der Waals surface area contributed by atoms with E-state index in [1.165, 1.54) is 16.8 Å². The molecule has 8 heteroatoms. The first-order valence-corrected chi connectivity index (χ1v) is 10.2. The van der Waals surface area contributed by atoms with Crippen molar-refractivity contribution in [3.63, 3.8) is 0 Å². The van der Waals surface area contributed by atoms with Gasteiger partial charge in [0.1, 0.15) is 0 Å². The van der Waals surface area contributed by atoms with Crippen molar-refractivity contribution in [3.05, 3.63) is 59.7 Å². The van der Waals surface area contributed by atoms with Gasteiger partial charge in [0.25, 0.3) is 11.8 Å². The van der Waals surface area contributed by atoms with Crippen LogP contribution < -0.4 is 9.80 Å². The number of likely N-dealkylation sites (N-methyl/N-ethyl adjacent to an activating group) is 1. The zero-order valence-corrected chi connectivity index (χ0v) is 17.0. The summed E-state index contributed by atoms with van der Waals surface area (Å²) in [6.07, 6.45) is 0.965. The molecule has 3 amide bonds. The Balaban J connectivity index is 1.40. The molecule has 5 rings (SSSR count). The van der Waals surface area contributed by atoms with Crippen molar-refractivity contribution in [2.45, 2.75) is 24.9 Å². The molecule has 158 valence electrons. The van der Waals surface area contributed by atoms with Crippen molar-refractivity contribution in [2.75, 3.05) is 30.0 Å². The molecule has 0 radical (unpaired) electrons. The average Bonchev–Trinajstić information content (AvgIpc) is 3.38. The van der Waals surface area contributed by atoms with Crippen molar-refractivity contribution in [1.82, 2.24) is 4.90 Å². The highest BCUT2D eigenvalue weighted by Crippen LogP contribution is 2.44. The van der Waals surface area contributed by atoms with Crippen LogP contribution in [0.15, 0.2) is 48.5 Å². The van der Waals surface area contributed by atoms with E-state index in [2.05, 4.69) is 0 Å². The Kier molecular flexibility index (Phi) is 4.32. The summed E-state index contributed by atoms with van der Waals surface area (Å²) in [5, 5.41) is 0. The predicted octanol–water partition coefficient (Wildman–Crippen LogP) is 1.73. The molecule has 0 aliphatic carbocycles. The van der Waals surface area contributed by atoms with Crippen LogP contribution >= 0.6 is 0 Å². The highest BCUT2D eigenvalue weighted by atomic mass is 16.5. The minimum absolute atomic E-state index is 0.106. The standard InChI is InChI=1S/C23H21N3O5/c1-24-21(29)16-7-3-5-9-18(16)26-19(27)10-12-23(24,26)22(30)31-14-20(28)25-13-11-15-6-2-4-8-17(15)25/h2-9H,10-14H2,1H3/t23-/m1/s1. The molecule has 3 aliphatic rings. The Labute approximate surface area is 179 Å². The van der Waals surface area contributed by atoms with Gasteiger partial charge in [0.15, 0.2) is 6.61 Å². The molecule has 3 aliphatic heterocycles. The van der Waals surface area contributed by atoms with E-state index in [1.54, 1.807) is 29.2 Å². The van der Waals surface area contributed by atoms with Gasteiger partial charge in [-0.05, 0) is 30.2 Å². The number of para-hydroxylation sites is 2. The molecule has 31 heavy (non-hydrogen) atoms. The monoisotopic (exact) mass is 419 g/mol. The molecular formula is C23H21N3O5. The van der Waals surface area contributed by atoms with Gasteiger partial charge in [-0.25, -0.2) is 4.79 Å². The van der Waals surface area contributed by atoms with Crippen LogP contribution in [0.2, 0.25) is 0 Å². The first-order chi connectivity index (χ1) is 14.9. The summed E-state index contributed by atoms with van der Waals surface area (Å²) in [5.41, 5.74) is 1.06. The largest absolute Gasteiger partial charge is 0.452 e. The SMILES string of the molecule is CN1C(=O)c2ccccc2N2C(=O)CC[C@@]12C(=O)OCC(=O)N1CCc2ccccc21. The third-order valence-corrected chi connectivity index (χ3v) is 6.38. The van der Waals surface area contributed by atoms with Gasteiger partial charge in [-0.1, -0.05) is 30.3 Å². The van der Waals surface area contributed by atoms with Gasteiger partial charge >= 0.3 is 5.97 Å². The Morgan fingerprint density at radius 3 is 2.52 bits per heavy atom. The van der Waals surface area contributed by atoms with Crippen molar-refractivity contribution in [2.24, 2.45) is 0 Å². The fraction of sp³-hybridized carbons (Fsp3) is 0.304. The quantitative estimate of drug-likeness (QED) is 0.707. The summed E-state index contributed by atoms with van der Waals surface area (Å²) in [6, 6.07) is 14.3. The molecule has 2 aromatic carbocycles. The van der Waals surface area contributed by atoms with Crippen LogP contribution in [0.25, 0.3) is 0 Å². The van der Waals surface area contributed by atoms with E-state index in [9.17, 15) is 19.2 Å². The van der Waals surface area contributed by atoms with Gasteiger partial charge in [-0.15, -0.1) is 0 Å². The maximum absolute atomic E-state index is 13.3. The molecule has 0 aromatic heterocycles. The maximum Gasteiger partial charge on any atom is 0.354 e. The summed E-state index contributed by atoms with van der Waals surface area (Å²) in [4.78, 5) is 56.0. The van der Waals surface area contributed by atoms with Crippen molar-refractivity contribution >= 4 is 35.1 Å². The van der Waals surface area contributed by atoms with E-state index in [4.69, 9.17) is 4.74 Å². The summed E-state index contributed by atoms with van der Waals surface area (Å²) in [6.45, 7) is 0.0673. The fourth-order valence-corrected chi connectivity index (χ4v) is 4.81. The fourth-order valence-electron chi connectivity index (χ4n) is 4.81. The topological polar surface area (TPSA) is 87.2 Å². The number of fused-ring (bicyclic) bond motifs is 4. The third-order valence-electron chi connectivity index (χ3n) is 6.38. The van der Waals surface area contributed by atoms with Crippen molar-refractivity contribution in [3.8, 4) is 0 Å². The minimum atomic E-state index is -1.58. The summed E-state index contributed by atoms with van der Waals surface area (Å²) < 4.78 is 5.44. The maximum atomic E-state index is 13.3. The molecule has 1 atom stereocenters. The summed E-state index contributed by atoms with van der Waals surface area (Å²) >= 11 is 0. The summed E-state index contributed by atoms with van der Waals surface area (Å²) in [5.74, 6) is -1.73. The van der Waals surface area contributed by atoms with Crippen LogP contribution in [0.1, 0.15) is 28.8 Å². The number of ether oxygens (including phenoxy) is 1. The van der Waals surface area contributed by atoms with Crippen LogP contribution in [-0.2, 0) is 25.5 Å². The second-order valence-corrected chi connectivity index (χ2v) is 7.93. The van der Waals surface area contributed by atoms with Gasteiger partial charge in [-0.2, -0.15) is 0 Å². The Morgan fingerprint density at radius 1 is 1.00 bits per heavy atom. The van der Waals surface area contributed by atoms with Gasteiger partial charge in [0, 0.05) is 32.1 Å². The number of hydrogen-bond donors (Lipinski definition) is 0. The van der Waals surface area contributed by atoms with E-state index in [0.29, 0.717) is 17.8 Å². The first kappa shape index (κ1) is 19.3. The molecule has 0 N–H and O–H groups in total. The van der Waals surface area contributed by atoms with Crippen molar-refractivity contribution < 1.29 is 23.9 Å². The van der Waals surface area contributed by atoms with Gasteiger partial charge in [0.2, 0.25) is 11.6 Å². The first-order valence-electron chi connectivity index (χ1n) is 10.2. The molecule has 8 nitrogen and oxygen atoms in total. The van der Waals surface area contributed by atoms with E-state index < -0.39 is 18.2 Å². The third kappa shape index (κ3) is 2.67. The Morgan fingerprint density at radius 2 is 1.71 bits per heavy atom. The molecule has 1 saturated heterocycles. The molecule has 1 fully saturated rings. The lowest BCUT2D eigenvalue weighted by Gasteiger charge is -2.46. The number of carbonyl (C=O) groups excluding carboxylic acids is 4. The van der Waals surface area contributed by atoms with Crippen LogP contribution in [0.4, 0.5) is 11.4 Å². The van der Waals surface area contributed by atoms with E-state index in [0.717, 1.165) is 17.7 Å². The molecule has 0 saturated carbocycles. The van der Waals surface area contributed by atoms with Crippen LogP contribution in [0, 0.1) is 0 Å². The average molecular weight is 419 g/mol. The highest BCUT2D eigenvalue weighted by molar-refractivity contribution is 6.15. The Bertz CT molecular complexity index is 1130. The normalized spacial score (nSPS) is 21.6. The minimum Gasteiger partial charge on any atom is -0.452 e.